The maximum Gasteiger partial charge on any atom is 0.0216 e. The Bertz CT molecular complexity index is 247. The Morgan fingerprint density at radius 2 is 1.47 bits per heavy atom. The molecule has 0 spiro atoms. The van der Waals surface area contributed by atoms with Crippen LogP contribution in [0, 0.1) is 17.3 Å². The molecule has 2 aliphatic carbocycles. The summed E-state index contributed by atoms with van der Waals surface area (Å²) in [6.07, 6.45) is 12.4. The summed E-state index contributed by atoms with van der Waals surface area (Å²) in [5.74, 6) is 1.53. The summed E-state index contributed by atoms with van der Waals surface area (Å²) in [5.41, 5.74) is 7.50. The molecular weight excluding hydrogens is 206 g/mol. The summed E-state index contributed by atoms with van der Waals surface area (Å²) in [7, 11) is 0. The highest BCUT2D eigenvalue weighted by atomic mass is 14.8. The van der Waals surface area contributed by atoms with Crippen LogP contribution in [0.1, 0.15) is 78.6 Å². The lowest BCUT2D eigenvalue weighted by atomic mass is 9.56. The van der Waals surface area contributed by atoms with E-state index in [1.807, 2.05) is 0 Å². The molecule has 17 heavy (non-hydrogen) atoms. The molecular formula is C16H31N. The standard InChI is InChI=1S/C16H31N/c1-15(2,3)14-11-7-8-12-16(14,17)13-9-5-4-6-10-13/h13-14H,4-12,17H2,1-3H3. The van der Waals surface area contributed by atoms with Crippen molar-refractivity contribution >= 4 is 0 Å². The highest BCUT2D eigenvalue weighted by molar-refractivity contribution is 5.03. The first-order chi connectivity index (χ1) is 7.94. The predicted octanol–water partition coefficient (Wildman–Crippen LogP) is 4.50. The lowest BCUT2D eigenvalue weighted by Crippen LogP contribution is -2.58. The van der Waals surface area contributed by atoms with Gasteiger partial charge in [0.05, 0.1) is 0 Å². The Morgan fingerprint density at radius 1 is 0.882 bits per heavy atom. The molecule has 2 rings (SSSR count). The molecule has 0 radical (unpaired) electrons. The van der Waals surface area contributed by atoms with Crippen LogP contribution in [0.15, 0.2) is 0 Å². The highest BCUT2D eigenvalue weighted by Crippen LogP contribution is 2.49. The van der Waals surface area contributed by atoms with Crippen molar-refractivity contribution in [3.05, 3.63) is 0 Å². The van der Waals surface area contributed by atoms with E-state index in [1.165, 1.54) is 57.8 Å². The molecule has 1 nitrogen and oxygen atoms in total. The van der Waals surface area contributed by atoms with Crippen LogP contribution in [0.3, 0.4) is 0 Å². The quantitative estimate of drug-likeness (QED) is 0.714. The van der Waals surface area contributed by atoms with Crippen molar-refractivity contribution in [2.45, 2.75) is 84.1 Å². The van der Waals surface area contributed by atoms with Gasteiger partial charge in [-0.2, -0.15) is 0 Å². The largest absolute Gasteiger partial charge is 0.325 e. The van der Waals surface area contributed by atoms with Crippen molar-refractivity contribution in [2.75, 3.05) is 0 Å². The molecule has 2 unspecified atom stereocenters. The van der Waals surface area contributed by atoms with Crippen LogP contribution in [-0.4, -0.2) is 5.54 Å². The van der Waals surface area contributed by atoms with Gasteiger partial charge in [0.1, 0.15) is 0 Å². The molecule has 0 heterocycles. The van der Waals surface area contributed by atoms with Gasteiger partial charge in [0, 0.05) is 5.54 Å². The Hall–Kier alpha value is -0.0400. The zero-order valence-electron chi connectivity index (χ0n) is 12.1. The normalized spacial score (nSPS) is 37.1. The van der Waals surface area contributed by atoms with Crippen LogP contribution in [0.2, 0.25) is 0 Å². The fourth-order valence-corrected chi connectivity index (χ4v) is 4.59. The maximum atomic E-state index is 6.96. The van der Waals surface area contributed by atoms with E-state index in [1.54, 1.807) is 0 Å². The zero-order chi connectivity index (χ0) is 12.5. The SMILES string of the molecule is CC(C)(C)C1CCCCC1(N)C1CCCCC1. The molecule has 0 aromatic heterocycles. The minimum absolute atomic E-state index is 0.150. The summed E-state index contributed by atoms with van der Waals surface area (Å²) in [6.45, 7) is 7.19. The first kappa shape index (κ1) is 13.4. The fourth-order valence-electron chi connectivity index (χ4n) is 4.59. The van der Waals surface area contributed by atoms with Crippen LogP contribution in [0.25, 0.3) is 0 Å². The van der Waals surface area contributed by atoms with E-state index in [0.717, 1.165) is 11.8 Å². The summed E-state index contributed by atoms with van der Waals surface area (Å²) >= 11 is 0. The smallest absolute Gasteiger partial charge is 0.0216 e. The van der Waals surface area contributed by atoms with E-state index in [9.17, 15) is 0 Å². The molecule has 2 fully saturated rings. The third-order valence-electron chi connectivity index (χ3n) is 5.41. The van der Waals surface area contributed by atoms with E-state index in [-0.39, 0.29) is 5.54 Å². The molecule has 0 aliphatic heterocycles. The van der Waals surface area contributed by atoms with Gasteiger partial charge in [0.2, 0.25) is 0 Å². The topological polar surface area (TPSA) is 26.0 Å². The number of rotatable bonds is 1. The first-order valence-corrected chi connectivity index (χ1v) is 7.73. The monoisotopic (exact) mass is 237 g/mol. The molecule has 1 heteroatoms. The van der Waals surface area contributed by atoms with Crippen molar-refractivity contribution in [2.24, 2.45) is 23.0 Å². The summed E-state index contributed by atoms with van der Waals surface area (Å²) in [4.78, 5) is 0. The molecule has 100 valence electrons. The second-order valence-corrected chi connectivity index (χ2v) is 7.61. The van der Waals surface area contributed by atoms with Gasteiger partial charge >= 0.3 is 0 Å². The molecule has 0 amide bonds. The molecule has 0 saturated heterocycles. The van der Waals surface area contributed by atoms with Gasteiger partial charge in [-0.25, -0.2) is 0 Å². The number of hydrogen-bond donors (Lipinski definition) is 1. The van der Waals surface area contributed by atoms with Crippen molar-refractivity contribution < 1.29 is 0 Å². The Balaban J connectivity index is 2.17. The van der Waals surface area contributed by atoms with Gasteiger partial charge in [-0.3, -0.25) is 0 Å². The molecule has 2 aliphatic rings. The molecule has 2 saturated carbocycles. The Labute approximate surface area is 108 Å². The molecule has 2 atom stereocenters. The van der Waals surface area contributed by atoms with Crippen molar-refractivity contribution in [1.82, 2.24) is 0 Å². The Morgan fingerprint density at radius 3 is 2.06 bits per heavy atom. The summed E-state index contributed by atoms with van der Waals surface area (Å²) in [6, 6.07) is 0. The average molecular weight is 237 g/mol. The number of nitrogens with two attached hydrogens (primary N) is 1. The van der Waals surface area contributed by atoms with Crippen LogP contribution in [0.5, 0.6) is 0 Å². The Kier molecular flexibility index (Phi) is 3.87. The molecule has 0 bridgehead atoms. The summed E-state index contributed by atoms with van der Waals surface area (Å²) < 4.78 is 0. The number of hydrogen-bond acceptors (Lipinski definition) is 1. The minimum atomic E-state index is 0.150. The van der Waals surface area contributed by atoms with Gasteiger partial charge in [-0.05, 0) is 42.9 Å². The highest BCUT2D eigenvalue weighted by Gasteiger charge is 2.47. The third-order valence-corrected chi connectivity index (χ3v) is 5.41. The second-order valence-electron chi connectivity index (χ2n) is 7.61. The van der Waals surface area contributed by atoms with Gasteiger partial charge < -0.3 is 5.73 Å². The summed E-state index contributed by atoms with van der Waals surface area (Å²) in [5, 5.41) is 0. The van der Waals surface area contributed by atoms with Gasteiger partial charge in [0.15, 0.2) is 0 Å². The minimum Gasteiger partial charge on any atom is -0.325 e. The predicted molar refractivity (Wildman–Crippen MR) is 74.9 cm³/mol. The molecule has 0 aromatic carbocycles. The lowest BCUT2D eigenvalue weighted by molar-refractivity contribution is 0.0221. The molecule has 0 aromatic rings. The molecule has 2 N–H and O–H groups in total. The maximum absolute atomic E-state index is 6.96. The van der Waals surface area contributed by atoms with E-state index < -0.39 is 0 Å². The van der Waals surface area contributed by atoms with Crippen molar-refractivity contribution in [3.8, 4) is 0 Å². The van der Waals surface area contributed by atoms with Gasteiger partial charge in [-0.1, -0.05) is 52.9 Å². The van der Waals surface area contributed by atoms with Gasteiger partial charge in [-0.15, -0.1) is 0 Å². The van der Waals surface area contributed by atoms with E-state index in [0.29, 0.717) is 5.41 Å². The van der Waals surface area contributed by atoms with E-state index >= 15 is 0 Å². The van der Waals surface area contributed by atoms with E-state index in [2.05, 4.69) is 20.8 Å². The van der Waals surface area contributed by atoms with Crippen LogP contribution < -0.4 is 5.73 Å². The van der Waals surface area contributed by atoms with Gasteiger partial charge in [0.25, 0.3) is 0 Å². The fraction of sp³-hybridized carbons (Fsp3) is 1.00. The van der Waals surface area contributed by atoms with Crippen LogP contribution >= 0.6 is 0 Å². The average Bonchev–Trinajstić information content (AvgIpc) is 2.29. The van der Waals surface area contributed by atoms with Crippen LogP contribution in [0.4, 0.5) is 0 Å². The second kappa shape index (κ2) is 4.91. The lowest BCUT2D eigenvalue weighted by Gasteiger charge is -2.53. The first-order valence-electron chi connectivity index (χ1n) is 7.73. The van der Waals surface area contributed by atoms with Crippen LogP contribution in [-0.2, 0) is 0 Å². The third kappa shape index (κ3) is 2.70. The van der Waals surface area contributed by atoms with E-state index in [4.69, 9.17) is 5.73 Å². The van der Waals surface area contributed by atoms with Crippen molar-refractivity contribution in [3.63, 3.8) is 0 Å². The zero-order valence-corrected chi connectivity index (χ0v) is 12.1. The van der Waals surface area contributed by atoms with Crippen molar-refractivity contribution in [1.29, 1.82) is 0 Å².